The molecule has 2 heterocycles. The van der Waals surface area contributed by atoms with Crippen LogP contribution in [0.1, 0.15) is 16.1 Å². The van der Waals surface area contributed by atoms with E-state index in [1.165, 1.54) is 17.2 Å². The lowest BCUT2D eigenvalue weighted by atomic mass is 10.2. The van der Waals surface area contributed by atoms with Crippen LogP contribution in [0.15, 0.2) is 41.1 Å². The van der Waals surface area contributed by atoms with Crippen molar-refractivity contribution in [1.82, 2.24) is 9.97 Å². The molecule has 2 aromatic rings. The number of pyridine rings is 2. The van der Waals surface area contributed by atoms with E-state index < -0.39 is 0 Å². The Hall–Kier alpha value is -2.26. The molecule has 0 aliphatic carbocycles. The van der Waals surface area contributed by atoms with Gasteiger partial charge in [0.2, 0.25) is 0 Å². The zero-order valence-electron chi connectivity index (χ0n) is 10.0. The molecule has 0 aliphatic heterocycles. The van der Waals surface area contributed by atoms with Crippen molar-refractivity contribution in [1.29, 1.82) is 5.26 Å². The van der Waals surface area contributed by atoms with Crippen LogP contribution < -0.4 is 4.90 Å². The molecular formula is C13H9BrN4O. The fourth-order valence-corrected chi connectivity index (χ4v) is 2.00. The highest BCUT2D eigenvalue weighted by molar-refractivity contribution is 9.10. The molecule has 6 heteroatoms. The largest absolute Gasteiger partial charge is 0.294 e. The summed E-state index contributed by atoms with van der Waals surface area (Å²) >= 11 is 3.34. The van der Waals surface area contributed by atoms with E-state index in [0.29, 0.717) is 11.4 Å². The highest BCUT2D eigenvalue weighted by Gasteiger charge is 2.17. The van der Waals surface area contributed by atoms with Gasteiger partial charge in [-0.25, -0.2) is 9.97 Å². The summed E-state index contributed by atoms with van der Waals surface area (Å²) < 4.78 is 0.722. The number of nitrogens with zero attached hydrogens (tertiary/aromatic N) is 4. The molecule has 0 spiro atoms. The number of hydrogen-bond acceptors (Lipinski definition) is 4. The summed E-state index contributed by atoms with van der Waals surface area (Å²) in [6.45, 7) is 0. The molecule has 0 saturated heterocycles. The average molecular weight is 317 g/mol. The van der Waals surface area contributed by atoms with Gasteiger partial charge < -0.3 is 0 Å². The maximum atomic E-state index is 12.2. The Morgan fingerprint density at radius 1 is 1.37 bits per heavy atom. The molecule has 2 aromatic heterocycles. The minimum atomic E-state index is -0.288. The van der Waals surface area contributed by atoms with Crippen molar-refractivity contribution in [2.24, 2.45) is 0 Å². The van der Waals surface area contributed by atoms with Gasteiger partial charge in [-0.2, -0.15) is 5.26 Å². The monoisotopic (exact) mass is 316 g/mol. The van der Waals surface area contributed by atoms with Gasteiger partial charge in [-0.3, -0.25) is 9.69 Å². The molecule has 0 atom stereocenters. The Balaban J connectivity index is 2.29. The predicted molar refractivity (Wildman–Crippen MR) is 73.6 cm³/mol. The second-order valence-electron chi connectivity index (χ2n) is 3.72. The van der Waals surface area contributed by atoms with Gasteiger partial charge in [-0.05, 0) is 40.2 Å². The number of rotatable bonds is 2. The van der Waals surface area contributed by atoms with Crippen molar-refractivity contribution in [3.63, 3.8) is 0 Å². The first-order chi connectivity index (χ1) is 9.13. The van der Waals surface area contributed by atoms with Crippen molar-refractivity contribution in [3.05, 3.63) is 52.4 Å². The molecule has 5 nitrogen and oxygen atoms in total. The van der Waals surface area contributed by atoms with E-state index in [2.05, 4.69) is 25.9 Å². The van der Waals surface area contributed by atoms with Crippen LogP contribution in [0.3, 0.4) is 0 Å². The average Bonchev–Trinajstić information content (AvgIpc) is 2.46. The fourth-order valence-electron chi connectivity index (χ4n) is 1.48. The summed E-state index contributed by atoms with van der Waals surface area (Å²) in [5, 5.41) is 8.69. The maximum Gasteiger partial charge on any atom is 0.277 e. The Labute approximate surface area is 118 Å². The number of anilines is 1. The van der Waals surface area contributed by atoms with Gasteiger partial charge in [0.1, 0.15) is 17.6 Å². The summed E-state index contributed by atoms with van der Waals surface area (Å²) in [5.41, 5.74) is 0.678. The zero-order valence-corrected chi connectivity index (χ0v) is 11.6. The van der Waals surface area contributed by atoms with Crippen LogP contribution in [-0.4, -0.2) is 22.9 Å². The van der Waals surface area contributed by atoms with Gasteiger partial charge in [0.05, 0.1) is 10.0 Å². The summed E-state index contributed by atoms with van der Waals surface area (Å²) in [6, 6.07) is 8.61. The second-order valence-corrected chi connectivity index (χ2v) is 4.57. The van der Waals surface area contributed by atoms with Crippen molar-refractivity contribution < 1.29 is 4.79 Å². The minimum absolute atomic E-state index is 0.263. The van der Waals surface area contributed by atoms with Crippen LogP contribution in [0, 0.1) is 11.3 Å². The smallest absolute Gasteiger partial charge is 0.277 e. The SMILES string of the molecule is CN(C(=O)c1ccc(C#N)cn1)c1ncccc1Br. The third kappa shape index (κ3) is 2.77. The van der Waals surface area contributed by atoms with Crippen LogP contribution >= 0.6 is 15.9 Å². The van der Waals surface area contributed by atoms with Gasteiger partial charge in [-0.15, -0.1) is 0 Å². The topological polar surface area (TPSA) is 69.9 Å². The lowest BCUT2D eigenvalue weighted by Crippen LogP contribution is -2.28. The molecule has 0 bridgehead atoms. The molecule has 0 saturated carbocycles. The lowest BCUT2D eigenvalue weighted by molar-refractivity contribution is 0.0987. The van der Waals surface area contributed by atoms with Gasteiger partial charge in [0.15, 0.2) is 0 Å². The molecule has 0 aliphatic rings. The molecule has 0 fully saturated rings. The van der Waals surface area contributed by atoms with Crippen LogP contribution in [-0.2, 0) is 0 Å². The predicted octanol–water partition coefficient (Wildman–Crippen LogP) is 2.39. The van der Waals surface area contributed by atoms with Crippen molar-refractivity contribution in [3.8, 4) is 6.07 Å². The minimum Gasteiger partial charge on any atom is -0.294 e. The molecule has 1 amide bonds. The number of carbonyl (C=O) groups excluding carboxylic acids is 1. The highest BCUT2D eigenvalue weighted by atomic mass is 79.9. The third-order valence-corrected chi connectivity index (χ3v) is 3.09. The first-order valence-electron chi connectivity index (χ1n) is 5.38. The van der Waals surface area contributed by atoms with Crippen molar-refractivity contribution >= 4 is 27.7 Å². The summed E-state index contributed by atoms with van der Waals surface area (Å²) in [7, 11) is 1.62. The number of amides is 1. The van der Waals surface area contributed by atoms with E-state index in [1.807, 2.05) is 6.07 Å². The van der Waals surface area contributed by atoms with E-state index in [4.69, 9.17) is 5.26 Å². The van der Waals surface area contributed by atoms with E-state index >= 15 is 0 Å². The summed E-state index contributed by atoms with van der Waals surface area (Å²) in [6.07, 6.45) is 2.98. The molecule has 0 aromatic carbocycles. The number of nitriles is 1. The van der Waals surface area contributed by atoms with Gasteiger partial charge in [0.25, 0.3) is 5.91 Å². The van der Waals surface area contributed by atoms with Gasteiger partial charge in [0, 0.05) is 19.4 Å². The van der Waals surface area contributed by atoms with Crippen LogP contribution in [0.4, 0.5) is 5.82 Å². The second kappa shape index (κ2) is 5.59. The normalized spacial score (nSPS) is 9.74. The maximum absolute atomic E-state index is 12.2. The Morgan fingerprint density at radius 3 is 2.74 bits per heavy atom. The Bertz CT molecular complexity index is 648. The number of hydrogen-bond donors (Lipinski definition) is 0. The molecule has 0 unspecified atom stereocenters. The lowest BCUT2D eigenvalue weighted by Gasteiger charge is -2.16. The number of carbonyl (C=O) groups is 1. The first-order valence-corrected chi connectivity index (χ1v) is 6.17. The number of aromatic nitrogens is 2. The highest BCUT2D eigenvalue weighted by Crippen LogP contribution is 2.22. The quantitative estimate of drug-likeness (QED) is 0.853. The third-order valence-electron chi connectivity index (χ3n) is 2.47. The molecule has 19 heavy (non-hydrogen) atoms. The number of halogens is 1. The van der Waals surface area contributed by atoms with Gasteiger partial charge in [-0.1, -0.05) is 0 Å². The van der Waals surface area contributed by atoms with Crippen molar-refractivity contribution in [2.45, 2.75) is 0 Å². The first kappa shape index (κ1) is 13.2. The standard InChI is InChI=1S/C13H9BrN4O/c1-18(12-10(14)3-2-6-16-12)13(19)11-5-4-9(7-15)8-17-11/h2-6,8H,1H3. The van der Waals surface area contributed by atoms with E-state index in [0.717, 1.165) is 4.47 Å². The summed E-state index contributed by atoms with van der Waals surface area (Å²) in [4.78, 5) is 21.7. The van der Waals surface area contributed by atoms with E-state index in [-0.39, 0.29) is 11.6 Å². The Morgan fingerprint density at radius 2 is 2.16 bits per heavy atom. The fraction of sp³-hybridized carbons (Fsp3) is 0.0769. The van der Waals surface area contributed by atoms with Gasteiger partial charge >= 0.3 is 0 Å². The molecule has 0 radical (unpaired) electrons. The van der Waals surface area contributed by atoms with Crippen LogP contribution in [0.25, 0.3) is 0 Å². The zero-order chi connectivity index (χ0) is 13.8. The van der Waals surface area contributed by atoms with Crippen LogP contribution in [0.2, 0.25) is 0 Å². The van der Waals surface area contributed by atoms with E-state index in [9.17, 15) is 4.79 Å². The van der Waals surface area contributed by atoms with Crippen molar-refractivity contribution in [2.75, 3.05) is 11.9 Å². The molecule has 94 valence electrons. The van der Waals surface area contributed by atoms with E-state index in [1.54, 1.807) is 31.4 Å². The Kier molecular flexibility index (Phi) is 3.88. The van der Waals surface area contributed by atoms with Crippen LogP contribution in [0.5, 0.6) is 0 Å². The molecule has 2 rings (SSSR count). The summed E-state index contributed by atoms with van der Waals surface area (Å²) in [5.74, 6) is 0.225. The molecular weight excluding hydrogens is 308 g/mol. The molecule has 0 N–H and O–H groups in total.